The maximum absolute atomic E-state index is 12.4. The lowest BCUT2D eigenvalue weighted by Crippen LogP contribution is -2.30. The maximum Gasteiger partial charge on any atom is 0.271 e. The van der Waals surface area contributed by atoms with E-state index in [4.69, 9.17) is 10.5 Å². The molecule has 1 unspecified atom stereocenters. The van der Waals surface area contributed by atoms with Crippen molar-refractivity contribution in [3.8, 4) is 5.75 Å². The van der Waals surface area contributed by atoms with Crippen molar-refractivity contribution in [2.24, 2.45) is 11.7 Å². The molecule has 0 bridgehead atoms. The number of nitrogens with two attached hydrogens (primary N) is 1. The average molecular weight is 354 g/mol. The van der Waals surface area contributed by atoms with E-state index in [9.17, 15) is 4.79 Å². The Balaban J connectivity index is 0.00000192. The maximum atomic E-state index is 12.4. The van der Waals surface area contributed by atoms with Gasteiger partial charge in [0.1, 0.15) is 16.5 Å². The predicted octanol–water partition coefficient (Wildman–Crippen LogP) is 2.91. The van der Waals surface area contributed by atoms with Crippen LogP contribution in [0.1, 0.15) is 39.9 Å². The highest BCUT2D eigenvalue weighted by Crippen LogP contribution is 2.41. The van der Waals surface area contributed by atoms with Crippen molar-refractivity contribution in [2.45, 2.75) is 25.4 Å². The molecule has 0 aliphatic heterocycles. The molecular weight excluding hydrogens is 334 g/mol. The Bertz CT molecular complexity index is 656. The van der Waals surface area contributed by atoms with Gasteiger partial charge in [0.2, 0.25) is 0 Å². The Kier molecular flexibility index (Phi) is 5.98. The van der Waals surface area contributed by atoms with Crippen LogP contribution in [-0.4, -0.2) is 18.0 Å². The Labute approximate surface area is 145 Å². The topological polar surface area (TPSA) is 77.2 Å². The van der Waals surface area contributed by atoms with Gasteiger partial charge in [-0.2, -0.15) is 0 Å². The monoisotopic (exact) mass is 353 g/mol. The molecule has 124 valence electrons. The van der Waals surface area contributed by atoms with Crippen LogP contribution in [0.5, 0.6) is 5.75 Å². The van der Waals surface area contributed by atoms with Crippen molar-refractivity contribution < 1.29 is 9.53 Å². The van der Waals surface area contributed by atoms with E-state index in [1.165, 1.54) is 11.3 Å². The number of carbonyl (C=O) groups excluding carboxylic acids is 1. The Morgan fingerprint density at radius 2 is 2.13 bits per heavy atom. The first-order valence-corrected chi connectivity index (χ1v) is 8.18. The third kappa shape index (κ3) is 4.22. The fourth-order valence-corrected chi connectivity index (χ4v) is 3.09. The van der Waals surface area contributed by atoms with Crippen LogP contribution in [0.2, 0.25) is 0 Å². The summed E-state index contributed by atoms with van der Waals surface area (Å²) >= 11 is 1.42. The first kappa shape index (κ1) is 17.7. The number of nitrogens with one attached hydrogen (secondary N) is 1. The number of halogens is 1. The van der Waals surface area contributed by atoms with Crippen LogP contribution in [0.3, 0.4) is 0 Å². The van der Waals surface area contributed by atoms with Gasteiger partial charge in [-0.1, -0.05) is 12.1 Å². The molecule has 5 nitrogen and oxygen atoms in total. The highest BCUT2D eigenvalue weighted by atomic mass is 35.5. The van der Waals surface area contributed by atoms with Crippen LogP contribution in [0.4, 0.5) is 0 Å². The minimum Gasteiger partial charge on any atom is -0.497 e. The fourth-order valence-electron chi connectivity index (χ4n) is 2.44. The number of methoxy groups -OCH3 is 1. The van der Waals surface area contributed by atoms with Crippen molar-refractivity contribution >= 4 is 29.7 Å². The highest BCUT2D eigenvalue weighted by Gasteiger charge is 2.33. The van der Waals surface area contributed by atoms with Gasteiger partial charge in [0, 0.05) is 11.9 Å². The van der Waals surface area contributed by atoms with Gasteiger partial charge in [-0.05, 0) is 36.5 Å². The van der Waals surface area contributed by atoms with Crippen LogP contribution in [-0.2, 0) is 6.54 Å². The molecule has 0 saturated heterocycles. The van der Waals surface area contributed by atoms with Gasteiger partial charge in [0.15, 0.2) is 0 Å². The molecule has 1 heterocycles. The Hall–Kier alpha value is -1.63. The zero-order valence-electron chi connectivity index (χ0n) is 12.8. The molecule has 0 radical (unpaired) electrons. The molecule has 7 heteroatoms. The standard InChI is InChI=1S/C16H19N3O2S.ClH/c1-21-12-6-4-11(5-7-12)15(10-2-3-10)19-16(20)13-9-22-14(8-17)18-13;/h4-7,9-10,15H,2-3,8,17H2,1H3,(H,19,20);1H. The van der Waals surface area contributed by atoms with Crippen LogP contribution >= 0.6 is 23.7 Å². The third-order valence-electron chi connectivity index (χ3n) is 3.81. The summed E-state index contributed by atoms with van der Waals surface area (Å²) in [5.74, 6) is 1.19. The third-order valence-corrected chi connectivity index (χ3v) is 4.69. The number of hydrogen-bond acceptors (Lipinski definition) is 5. The zero-order valence-corrected chi connectivity index (χ0v) is 14.5. The normalized spacial score (nSPS) is 14.7. The quantitative estimate of drug-likeness (QED) is 0.837. The second kappa shape index (κ2) is 7.77. The molecule has 1 atom stereocenters. The summed E-state index contributed by atoms with van der Waals surface area (Å²) < 4.78 is 5.18. The fraction of sp³-hybridized carbons (Fsp3) is 0.375. The molecule has 1 saturated carbocycles. The first-order valence-electron chi connectivity index (χ1n) is 7.30. The number of nitrogens with zero attached hydrogens (tertiary/aromatic N) is 1. The summed E-state index contributed by atoms with van der Waals surface area (Å²) in [6, 6.07) is 7.89. The van der Waals surface area contributed by atoms with E-state index >= 15 is 0 Å². The first-order chi connectivity index (χ1) is 10.7. The van der Waals surface area contributed by atoms with Gasteiger partial charge < -0.3 is 15.8 Å². The van der Waals surface area contributed by atoms with Crippen LogP contribution in [0.15, 0.2) is 29.6 Å². The number of carbonyl (C=O) groups is 1. The molecule has 3 rings (SSSR count). The number of ether oxygens (including phenoxy) is 1. The molecule has 1 aromatic carbocycles. The molecule has 1 aromatic heterocycles. The lowest BCUT2D eigenvalue weighted by Gasteiger charge is -2.18. The van der Waals surface area contributed by atoms with E-state index in [1.54, 1.807) is 12.5 Å². The number of hydrogen-bond donors (Lipinski definition) is 2. The molecule has 2 aromatic rings. The SMILES string of the molecule is COc1ccc(C(NC(=O)c2csc(CN)n2)C2CC2)cc1.Cl. The van der Waals surface area contributed by atoms with Crippen molar-refractivity contribution in [1.82, 2.24) is 10.3 Å². The number of thiazole rings is 1. The van der Waals surface area contributed by atoms with Gasteiger partial charge >= 0.3 is 0 Å². The molecular formula is C16H20ClN3O2S. The summed E-state index contributed by atoms with van der Waals surface area (Å²) in [6.45, 7) is 0.364. The van der Waals surface area contributed by atoms with Crippen molar-refractivity contribution in [3.05, 3.63) is 45.9 Å². The number of benzene rings is 1. The largest absolute Gasteiger partial charge is 0.497 e. The van der Waals surface area contributed by atoms with Gasteiger partial charge in [-0.25, -0.2) is 4.98 Å². The van der Waals surface area contributed by atoms with Crippen molar-refractivity contribution in [3.63, 3.8) is 0 Å². The van der Waals surface area contributed by atoms with Gasteiger partial charge in [0.25, 0.3) is 5.91 Å². The summed E-state index contributed by atoms with van der Waals surface area (Å²) in [5, 5.41) is 5.64. The lowest BCUT2D eigenvalue weighted by molar-refractivity contribution is 0.0927. The van der Waals surface area contributed by atoms with E-state index in [-0.39, 0.29) is 24.4 Å². The van der Waals surface area contributed by atoms with Gasteiger partial charge in [-0.15, -0.1) is 23.7 Å². The van der Waals surface area contributed by atoms with E-state index in [0.29, 0.717) is 18.2 Å². The Morgan fingerprint density at radius 1 is 1.43 bits per heavy atom. The highest BCUT2D eigenvalue weighted by molar-refractivity contribution is 7.09. The molecule has 1 fully saturated rings. The summed E-state index contributed by atoms with van der Waals surface area (Å²) in [7, 11) is 1.65. The summed E-state index contributed by atoms with van der Waals surface area (Å²) in [4.78, 5) is 16.6. The molecule has 23 heavy (non-hydrogen) atoms. The van der Waals surface area contributed by atoms with E-state index in [2.05, 4.69) is 10.3 Å². The van der Waals surface area contributed by atoms with Crippen LogP contribution in [0.25, 0.3) is 0 Å². The van der Waals surface area contributed by atoms with E-state index < -0.39 is 0 Å². The minimum atomic E-state index is -0.135. The minimum absolute atomic E-state index is 0. The molecule has 1 aliphatic rings. The number of rotatable bonds is 6. The smallest absolute Gasteiger partial charge is 0.271 e. The zero-order chi connectivity index (χ0) is 15.5. The molecule has 1 amide bonds. The van der Waals surface area contributed by atoms with Crippen LogP contribution in [0, 0.1) is 5.92 Å². The second-order valence-electron chi connectivity index (χ2n) is 5.39. The van der Waals surface area contributed by atoms with Crippen molar-refractivity contribution in [2.75, 3.05) is 7.11 Å². The average Bonchev–Trinajstić information content (AvgIpc) is 3.28. The molecule has 3 N–H and O–H groups in total. The van der Waals surface area contributed by atoms with Crippen LogP contribution < -0.4 is 15.8 Å². The Morgan fingerprint density at radius 3 is 2.65 bits per heavy atom. The molecule has 0 spiro atoms. The lowest BCUT2D eigenvalue weighted by atomic mass is 10.0. The second-order valence-corrected chi connectivity index (χ2v) is 6.33. The van der Waals surface area contributed by atoms with E-state index in [0.717, 1.165) is 29.2 Å². The summed E-state index contributed by atoms with van der Waals surface area (Å²) in [5.41, 5.74) is 7.10. The number of aromatic nitrogens is 1. The van der Waals surface area contributed by atoms with E-state index in [1.807, 2.05) is 24.3 Å². The predicted molar refractivity (Wildman–Crippen MR) is 93.2 cm³/mol. The van der Waals surface area contributed by atoms with Gasteiger partial charge in [-0.3, -0.25) is 4.79 Å². The van der Waals surface area contributed by atoms with Gasteiger partial charge in [0.05, 0.1) is 13.2 Å². The number of amides is 1. The molecule has 1 aliphatic carbocycles. The van der Waals surface area contributed by atoms with Crippen molar-refractivity contribution in [1.29, 1.82) is 0 Å². The summed E-state index contributed by atoms with van der Waals surface area (Å²) in [6.07, 6.45) is 2.28.